The summed E-state index contributed by atoms with van der Waals surface area (Å²) < 4.78 is 6.92. The Morgan fingerprint density at radius 1 is 1.31 bits per heavy atom. The third-order valence-electron chi connectivity index (χ3n) is 3.08. The predicted molar refractivity (Wildman–Crippen MR) is 67.8 cm³/mol. The van der Waals surface area contributed by atoms with E-state index in [4.69, 9.17) is 4.74 Å². The lowest BCUT2D eigenvalue weighted by molar-refractivity contribution is 0.00684. The Morgan fingerprint density at radius 3 is 2.75 bits per heavy atom. The zero-order valence-corrected chi connectivity index (χ0v) is 11.0. The molecule has 88 valence electrons. The Bertz CT molecular complexity index is 365. The summed E-state index contributed by atoms with van der Waals surface area (Å²) in [7, 11) is 0. The summed E-state index contributed by atoms with van der Waals surface area (Å²) in [6.07, 6.45) is 3.74. The quantitative estimate of drug-likeness (QED) is 0.902. The molecular weight excluding hydrogens is 268 g/mol. The smallest absolute Gasteiger partial charge is 0.124 e. The first kappa shape index (κ1) is 11.9. The van der Waals surface area contributed by atoms with Crippen LogP contribution in [0.25, 0.3) is 0 Å². The van der Waals surface area contributed by atoms with Crippen molar-refractivity contribution in [3.63, 3.8) is 0 Å². The van der Waals surface area contributed by atoms with Crippen LogP contribution in [-0.2, 0) is 0 Å². The Kier molecular flexibility index (Phi) is 3.87. The van der Waals surface area contributed by atoms with Crippen LogP contribution < -0.4 is 4.74 Å². The number of benzene rings is 1. The molecule has 16 heavy (non-hydrogen) atoms. The van der Waals surface area contributed by atoms with E-state index in [-0.39, 0.29) is 12.2 Å². The van der Waals surface area contributed by atoms with Gasteiger partial charge >= 0.3 is 0 Å². The Labute approximate surface area is 105 Å². The van der Waals surface area contributed by atoms with E-state index in [1.54, 1.807) is 0 Å². The number of hydrogen-bond acceptors (Lipinski definition) is 2. The predicted octanol–water partition coefficient (Wildman–Crippen LogP) is 3.44. The first-order chi connectivity index (χ1) is 7.66. The van der Waals surface area contributed by atoms with Crippen LogP contribution in [0.1, 0.15) is 31.2 Å². The monoisotopic (exact) mass is 284 g/mol. The number of halogens is 1. The number of aryl methyl sites for hydroxylation is 1. The number of ether oxygens (including phenoxy) is 1. The molecule has 0 aromatic heterocycles. The normalized spacial score (nSPS) is 25.4. The van der Waals surface area contributed by atoms with E-state index in [0.29, 0.717) is 0 Å². The lowest BCUT2D eigenvalue weighted by atomic mass is 9.95. The Morgan fingerprint density at radius 2 is 2.06 bits per heavy atom. The fraction of sp³-hybridized carbons (Fsp3) is 0.538. The first-order valence-electron chi connectivity index (χ1n) is 5.77. The van der Waals surface area contributed by atoms with Crippen LogP contribution in [-0.4, -0.2) is 17.3 Å². The zero-order valence-electron chi connectivity index (χ0n) is 9.45. The second-order valence-electron chi connectivity index (χ2n) is 4.42. The van der Waals surface area contributed by atoms with Gasteiger partial charge in [-0.05, 0) is 49.9 Å². The van der Waals surface area contributed by atoms with Gasteiger partial charge in [0.1, 0.15) is 11.9 Å². The molecule has 0 bridgehead atoms. The number of rotatable bonds is 2. The maximum Gasteiger partial charge on any atom is 0.124 e. The zero-order chi connectivity index (χ0) is 11.5. The van der Waals surface area contributed by atoms with Crippen molar-refractivity contribution in [2.75, 3.05) is 0 Å². The average molecular weight is 285 g/mol. The van der Waals surface area contributed by atoms with Crippen molar-refractivity contribution in [3.05, 3.63) is 28.2 Å². The van der Waals surface area contributed by atoms with Crippen LogP contribution in [0, 0.1) is 6.92 Å². The van der Waals surface area contributed by atoms with Gasteiger partial charge in [-0.2, -0.15) is 0 Å². The van der Waals surface area contributed by atoms with Gasteiger partial charge < -0.3 is 9.84 Å². The molecule has 2 nitrogen and oxygen atoms in total. The minimum Gasteiger partial charge on any atom is -0.488 e. The van der Waals surface area contributed by atoms with Crippen molar-refractivity contribution in [3.8, 4) is 5.75 Å². The molecule has 0 aliphatic heterocycles. The second-order valence-corrected chi connectivity index (χ2v) is 5.27. The highest BCUT2D eigenvalue weighted by atomic mass is 79.9. The summed E-state index contributed by atoms with van der Waals surface area (Å²) in [5.41, 5.74) is 1.16. The molecule has 0 heterocycles. The average Bonchev–Trinajstić information content (AvgIpc) is 2.27. The van der Waals surface area contributed by atoms with E-state index in [9.17, 15) is 5.11 Å². The largest absolute Gasteiger partial charge is 0.488 e. The van der Waals surface area contributed by atoms with E-state index in [2.05, 4.69) is 15.9 Å². The van der Waals surface area contributed by atoms with Crippen molar-refractivity contribution in [1.82, 2.24) is 0 Å². The Balaban J connectivity index is 2.05. The van der Waals surface area contributed by atoms with Gasteiger partial charge in [0.2, 0.25) is 0 Å². The van der Waals surface area contributed by atoms with E-state index < -0.39 is 0 Å². The lowest BCUT2D eigenvalue weighted by Gasteiger charge is -2.28. The third kappa shape index (κ3) is 2.77. The molecule has 1 aliphatic carbocycles. The van der Waals surface area contributed by atoms with Crippen molar-refractivity contribution in [2.45, 2.75) is 44.8 Å². The number of aliphatic hydroxyl groups excluding tert-OH is 1. The standard InChI is InChI=1S/C13H17BrO2/c1-9-8-10(6-7-11(9)14)16-13-5-3-2-4-12(13)15/h6-8,12-13,15H,2-5H2,1H3/t12-,13-/m0/s1. The van der Waals surface area contributed by atoms with Crippen molar-refractivity contribution < 1.29 is 9.84 Å². The lowest BCUT2D eigenvalue weighted by Crippen LogP contribution is -2.34. The maximum absolute atomic E-state index is 9.82. The fourth-order valence-electron chi connectivity index (χ4n) is 2.08. The SMILES string of the molecule is Cc1cc(O[C@H]2CCCC[C@@H]2O)ccc1Br. The van der Waals surface area contributed by atoms with Gasteiger partial charge in [0.25, 0.3) is 0 Å². The minimum absolute atomic E-state index is 0.0330. The summed E-state index contributed by atoms with van der Waals surface area (Å²) in [4.78, 5) is 0. The van der Waals surface area contributed by atoms with Gasteiger partial charge in [-0.25, -0.2) is 0 Å². The molecule has 2 rings (SSSR count). The summed E-state index contributed by atoms with van der Waals surface area (Å²) in [6, 6.07) is 5.93. The van der Waals surface area contributed by atoms with Crippen molar-refractivity contribution in [2.24, 2.45) is 0 Å². The van der Waals surface area contributed by atoms with Crippen molar-refractivity contribution >= 4 is 15.9 Å². The molecule has 3 heteroatoms. The molecule has 0 spiro atoms. The number of hydrogen-bond donors (Lipinski definition) is 1. The van der Waals surface area contributed by atoms with Gasteiger partial charge in [0.15, 0.2) is 0 Å². The molecule has 1 aromatic carbocycles. The summed E-state index contributed by atoms with van der Waals surface area (Å²) >= 11 is 3.46. The molecular formula is C13H17BrO2. The number of aliphatic hydroxyl groups is 1. The van der Waals surface area contributed by atoms with Gasteiger partial charge in [-0.3, -0.25) is 0 Å². The van der Waals surface area contributed by atoms with Crippen LogP contribution in [0.4, 0.5) is 0 Å². The third-order valence-corrected chi connectivity index (χ3v) is 3.97. The summed E-state index contributed by atoms with van der Waals surface area (Å²) in [5, 5.41) is 9.82. The van der Waals surface area contributed by atoms with E-state index >= 15 is 0 Å². The Hall–Kier alpha value is -0.540. The highest BCUT2D eigenvalue weighted by Crippen LogP contribution is 2.26. The second kappa shape index (κ2) is 5.19. The van der Waals surface area contributed by atoms with Crippen LogP contribution in [0.5, 0.6) is 5.75 Å². The summed E-state index contributed by atoms with van der Waals surface area (Å²) in [5.74, 6) is 0.853. The molecule has 1 aromatic rings. The van der Waals surface area contributed by atoms with Gasteiger partial charge in [-0.15, -0.1) is 0 Å². The van der Waals surface area contributed by atoms with Gasteiger partial charge in [-0.1, -0.05) is 22.4 Å². The van der Waals surface area contributed by atoms with E-state index in [1.165, 1.54) is 0 Å². The highest BCUT2D eigenvalue weighted by molar-refractivity contribution is 9.10. The van der Waals surface area contributed by atoms with Crippen LogP contribution in [0.3, 0.4) is 0 Å². The van der Waals surface area contributed by atoms with Crippen LogP contribution in [0.15, 0.2) is 22.7 Å². The van der Waals surface area contributed by atoms with Crippen LogP contribution >= 0.6 is 15.9 Å². The topological polar surface area (TPSA) is 29.5 Å². The summed E-state index contributed by atoms with van der Waals surface area (Å²) in [6.45, 7) is 2.04. The molecule has 1 saturated carbocycles. The molecule has 0 unspecified atom stereocenters. The van der Waals surface area contributed by atoms with E-state index in [1.807, 2.05) is 25.1 Å². The maximum atomic E-state index is 9.82. The molecule has 0 amide bonds. The van der Waals surface area contributed by atoms with Gasteiger partial charge in [0.05, 0.1) is 6.10 Å². The molecule has 1 aliphatic rings. The molecule has 1 fully saturated rings. The highest BCUT2D eigenvalue weighted by Gasteiger charge is 2.24. The first-order valence-corrected chi connectivity index (χ1v) is 6.57. The minimum atomic E-state index is -0.308. The van der Waals surface area contributed by atoms with Gasteiger partial charge in [0, 0.05) is 4.47 Å². The van der Waals surface area contributed by atoms with Crippen molar-refractivity contribution in [1.29, 1.82) is 0 Å². The van der Waals surface area contributed by atoms with E-state index in [0.717, 1.165) is 41.5 Å². The molecule has 0 saturated heterocycles. The molecule has 0 radical (unpaired) electrons. The van der Waals surface area contributed by atoms with Crippen LogP contribution in [0.2, 0.25) is 0 Å². The fourth-order valence-corrected chi connectivity index (χ4v) is 2.33. The molecule has 1 N–H and O–H groups in total. The molecule has 2 atom stereocenters.